The highest BCUT2D eigenvalue weighted by Crippen LogP contribution is 2.15. The van der Waals surface area contributed by atoms with E-state index in [1.54, 1.807) is 0 Å². The van der Waals surface area contributed by atoms with Crippen LogP contribution in [0, 0.1) is 0 Å². The van der Waals surface area contributed by atoms with E-state index >= 15 is 0 Å². The Morgan fingerprint density at radius 3 is 1.81 bits per heavy atom. The predicted octanol–water partition coefficient (Wildman–Crippen LogP) is 4.13. The fourth-order valence-electron chi connectivity index (χ4n) is 2.72. The first-order chi connectivity index (χ1) is 12.8. The summed E-state index contributed by atoms with van der Waals surface area (Å²) in [6.07, 6.45) is 13.9. The average Bonchev–Trinajstić information content (AvgIpc) is 2.59. The van der Waals surface area contributed by atoms with Gasteiger partial charge in [0.05, 0.1) is 0 Å². The van der Waals surface area contributed by atoms with Gasteiger partial charge in [-0.1, -0.05) is 77.6 Å². The second-order valence-electron chi connectivity index (χ2n) is 6.76. The maximum atomic E-state index is 11.4. The fourth-order valence-corrected chi connectivity index (χ4v) is 3.42. The van der Waals surface area contributed by atoms with E-state index in [0.29, 0.717) is 18.6 Å². The van der Waals surface area contributed by atoms with Crippen molar-refractivity contribution in [2.24, 2.45) is 0 Å². The molecule has 0 aromatic carbocycles. The molecule has 7 nitrogen and oxygen atoms in total. The van der Waals surface area contributed by atoms with Crippen molar-refractivity contribution in [1.82, 2.24) is 0 Å². The third-order valence-electron chi connectivity index (χ3n) is 4.32. The Kier molecular flexibility index (Phi) is 14.8. The number of aliphatic carboxylic acids is 1. The van der Waals surface area contributed by atoms with Crippen LogP contribution in [0.5, 0.6) is 0 Å². The first-order valence-electron chi connectivity index (χ1n) is 9.81. The van der Waals surface area contributed by atoms with Gasteiger partial charge in [0, 0.05) is 12.2 Å². The molecule has 0 aliphatic heterocycles. The Morgan fingerprint density at radius 2 is 1.37 bits per heavy atom. The zero-order valence-corrected chi connectivity index (χ0v) is 17.1. The van der Waals surface area contributed by atoms with Crippen LogP contribution in [0.15, 0.2) is 12.2 Å². The third-order valence-corrected chi connectivity index (χ3v) is 5.54. The number of rotatable bonds is 17. The molecule has 2 N–H and O–H groups in total. The van der Waals surface area contributed by atoms with Crippen molar-refractivity contribution in [2.75, 3.05) is 6.61 Å². The van der Waals surface area contributed by atoms with E-state index in [1.165, 1.54) is 44.9 Å². The van der Waals surface area contributed by atoms with Crippen LogP contribution in [0.25, 0.3) is 0 Å². The normalized spacial score (nSPS) is 13.0. The van der Waals surface area contributed by atoms with Gasteiger partial charge >= 0.3 is 11.9 Å². The van der Waals surface area contributed by atoms with Crippen LogP contribution in [0.4, 0.5) is 0 Å². The smallest absolute Gasteiger partial charge is 0.331 e. The minimum atomic E-state index is -4.32. The van der Waals surface area contributed by atoms with Crippen LogP contribution in [-0.2, 0) is 24.4 Å². The molecule has 0 aliphatic rings. The molecule has 27 heavy (non-hydrogen) atoms. The van der Waals surface area contributed by atoms with Gasteiger partial charge in [-0.15, -0.1) is 0 Å². The first kappa shape index (κ1) is 25.6. The molecule has 8 heteroatoms. The van der Waals surface area contributed by atoms with Crippen molar-refractivity contribution >= 4 is 22.1 Å². The van der Waals surface area contributed by atoms with Crippen molar-refractivity contribution in [2.45, 2.75) is 89.2 Å². The highest BCUT2D eigenvalue weighted by Gasteiger charge is 2.24. The van der Waals surface area contributed by atoms with Crippen molar-refractivity contribution in [3.8, 4) is 0 Å². The zero-order chi connectivity index (χ0) is 20.5. The molecule has 1 unspecified atom stereocenters. The van der Waals surface area contributed by atoms with Crippen LogP contribution in [0.1, 0.15) is 84.0 Å². The highest BCUT2D eigenvalue weighted by atomic mass is 32.2. The molecule has 0 amide bonds. The van der Waals surface area contributed by atoms with Crippen LogP contribution in [0.3, 0.4) is 0 Å². The lowest BCUT2D eigenvalue weighted by atomic mass is 10.0. The highest BCUT2D eigenvalue weighted by molar-refractivity contribution is 7.86. The molecule has 0 rings (SSSR count). The van der Waals surface area contributed by atoms with Gasteiger partial charge in [-0.25, -0.2) is 9.59 Å². The number of esters is 1. The number of hydrogen-bond acceptors (Lipinski definition) is 5. The Bertz CT molecular complexity index is 540. The molecule has 0 aromatic rings. The number of carbonyl (C=O) groups is 2. The zero-order valence-electron chi connectivity index (χ0n) is 16.3. The number of carbonyl (C=O) groups excluding carboxylic acids is 1. The number of hydrogen-bond donors (Lipinski definition) is 2. The summed E-state index contributed by atoms with van der Waals surface area (Å²) in [6, 6.07) is 0. The number of ether oxygens (including phenoxy) is 1. The molecule has 0 aliphatic carbocycles. The topological polar surface area (TPSA) is 118 Å². The SMILES string of the molecule is CCCCCCCCCCCCCC(COC(=O)/C=C\C(=O)O)S(=O)(=O)O. The molecular formula is C19H34O7S. The Hall–Kier alpha value is -1.41. The average molecular weight is 407 g/mol. The minimum Gasteiger partial charge on any atom is -0.478 e. The maximum absolute atomic E-state index is 11.4. The molecule has 0 radical (unpaired) electrons. The number of carboxylic acids is 1. The summed E-state index contributed by atoms with van der Waals surface area (Å²) in [5, 5.41) is 7.23. The Balaban J connectivity index is 3.90. The fraction of sp³-hybridized carbons (Fsp3) is 0.789. The van der Waals surface area contributed by atoms with Gasteiger partial charge in [0.25, 0.3) is 10.1 Å². The van der Waals surface area contributed by atoms with Gasteiger partial charge in [0.1, 0.15) is 11.9 Å². The second kappa shape index (κ2) is 15.6. The first-order valence-corrected chi connectivity index (χ1v) is 11.3. The summed E-state index contributed by atoms with van der Waals surface area (Å²) in [7, 11) is -4.32. The standard InChI is InChI=1S/C19H34O7S/c1-2-3-4-5-6-7-8-9-10-11-12-13-17(27(23,24)25)16-26-19(22)15-14-18(20)21/h14-15,17H,2-13,16H2,1H3,(H,20,21)(H,23,24,25)/b15-14-. The molecule has 158 valence electrons. The van der Waals surface area contributed by atoms with Crippen LogP contribution < -0.4 is 0 Å². The predicted molar refractivity (Wildman–Crippen MR) is 104 cm³/mol. The Morgan fingerprint density at radius 1 is 0.889 bits per heavy atom. The van der Waals surface area contributed by atoms with Crippen LogP contribution in [0.2, 0.25) is 0 Å². The van der Waals surface area contributed by atoms with Crippen molar-refractivity contribution in [3.63, 3.8) is 0 Å². The van der Waals surface area contributed by atoms with Crippen molar-refractivity contribution in [1.29, 1.82) is 0 Å². The van der Waals surface area contributed by atoms with Crippen LogP contribution >= 0.6 is 0 Å². The minimum absolute atomic E-state index is 0.200. The van der Waals surface area contributed by atoms with Gasteiger partial charge < -0.3 is 9.84 Å². The van der Waals surface area contributed by atoms with E-state index in [0.717, 1.165) is 19.3 Å². The lowest BCUT2D eigenvalue weighted by Gasteiger charge is -2.13. The van der Waals surface area contributed by atoms with Gasteiger partial charge in [-0.05, 0) is 6.42 Å². The Labute approximate surface area is 162 Å². The second-order valence-corrected chi connectivity index (χ2v) is 8.46. The molecule has 0 saturated heterocycles. The van der Waals surface area contributed by atoms with Gasteiger partial charge in [-0.2, -0.15) is 8.42 Å². The summed E-state index contributed by atoms with van der Waals surface area (Å²) < 4.78 is 36.7. The van der Waals surface area contributed by atoms with Gasteiger partial charge in [-0.3, -0.25) is 4.55 Å². The molecule has 0 aromatic heterocycles. The molecule has 0 saturated carbocycles. The summed E-state index contributed by atoms with van der Waals surface area (Å²) in [4.78, 5) is 21.6. The monoisotopic (exact) mass is 406 g/mol. The summed E-state index contributed by atoms with van der Waals surface area (Å²) >= 11 is 0. The van der Waals surface area contributed by atoms with E-state index in [4.69, 9.17) is 9.84 Å². The van der Waals surface area contributed by atoms with Crippen LogP contribution in [-0.4, -0.2) is 41.9 Å². The van der Waals surface area contributed by atoms with Crippen molar-refractivity contribution < 1.29 is 32.4 Å². The number of unbranched alkanes of at least 4 members (excludes halogenated alkanes) is 10. The molecule has 1 atom stereocenters. The van der Waals surface area contributed by atoms with Crippen molar-refractivity contribution in [3.05, 3.63) is 12.2 Å². The lowest BCUT2D eigenvalue weighted by Crippen LogP contribution is -2.27. The maximum Gasteiger partial charge on any atom is 0.331 e. The van der Waals surface area contributed by atoms with E-state index in [-0.39, 0.29) is 6.42 Å². The van der Waals surface area contributed by atoms with Gasteiger partial charge in [0.2, 0.25) is 0 Å². The molecular weight excluding hydrogens is 372 g/mol. The van der Waals surface area contributed by atoms with E-state index in [1.807, 2.05) is 0 Å². The summed E-state index contributed by atoms with van der Waals surface area (Å²) in [6.45, 7) is 1.71. The summed E-state index contributed by atoms with van der Waals surface area (Å²) in [5.41, 5.74) is 0. The lowest BCUT2D eigenvalue weighted by molar-refractivity contribution is -0.138. The molecule has 0 fully saturated rings. The summed E-state index contributed by atoms with van der Waals surface area (Å²) in [5.74, 6) is -2.26. The largest absolute Gasteiger partial charge is 0.478 e. The molecule has 0 bridgehead atoms. The quantitative estimate of drug-likeness (QED) is 0.161. The van der Waals surface area contributed by atoms with E-state index in [9.17, 15) is 22.6 Å². The molecule has 0 spiro atoms. The van der Waals surface area contributed by atoms with Gasteiger partial charge in [0.15, 0.2) is 0 Å². The molecule has 0 heterocycles. The number of carboxylic acid groups (broad SMARTS) is 1. The third kappa shape index (κ3) is 16.5. The van der Waals surface area contributed by atoms with E-state index in [2.05, 4.69) is 6.92 Å². The van der Waals surface area contributed by atoms with E-state index < -0.39 is 33.9 Å².